The van der Waals surface area contributed by atoms with E-state index in [1.54, 1.807) is 0 Å². The van der Waals surface area contributed by atoms with Gasteiger partial charge < -0.3 is 0 Å². The average Bonchev–Trinajstić information content (AvgIpc) is 3.82. The van der Waals surface area contributed by atoms with Crippen molar-refractivity contribution in [2.24, 2.45) is 0 Å². The molecule has 0 saturated heterocycles. The van der Waals surface area contributed by atoms with Gasteiger partial charge in [0.05, 0.1) is 0 Å². The minimum absolute atomic E-state index is 1.21. The maximum absolute atomic E-state index is 2.55. The van der Waals surface area contributed by atoms with E-state index < -0.39 is 0 Å². The van der Waals surface area contributed by atoms with Crippen LogP contribution in [0.15, 0.2) is 206 Å². The average molecular weight is 771 g/mol. The highest BCUT2D eigenvalue weighted by Gasteiger charge is 2.28. The molecule has 0 heterocycles. The van der Waals surface area contributed by atoms with E-state index in [0.717, 1.165) is 0 Å². The highest BCUT2D eigenvalue weighted by molar-refractivity contribution is 6.44. The minimum Gasteiger partial charge on any atom is -0.0870 e. The largest absolute Gasteiger partial charge is 0.0870 e. The van der Waals surface area contributed by atoms with Gasteiger partial charge in [0.1, 0.15) is 0 Å². The Morgan fingerprint density at radius 2 is 0.770 bits per heavy atom. The van der Waals surface area contributed by atoms with E-state index in [4.69, 9.17) is 0 Å². The lowest BCUT2D eigenvalue weighted by Crippen LogP contribution is -1.93. The van der Waals surface area contributed by atoms with Crippen LogP contribution in [0, 0.1) is 0 Å². The Labute approximate surface area is 353 Å². The van der Waals surface area contributed by atoms with Crippen molar-refractivity contribution in [2.75, 3.05) is 0 Å². The number of hydrogen-bond acceptors (Lipinski definition) is 0. The molecule has 0 radical (unpaired) electrons. The predicted octanol–water partition coefficient (Wildman–Crippen LogP) is 17.5. The topological polar surface area (TPSA) is 0 Å². The van der Waals surface area contributed by atoms with Gasteiger partial charge in [0.2, 0.25) is 0 Å². The van der Waals surface area contributed by atoms with Gasteiger partial charge in [-0.25, -0.2) is 0 Å². The zero-order valence-electron chi connectivity index (χ0n) is 33.7. The molecule has 13 rings (SSSR count). The quantitative estimate of drug-likeness (QED) is 0.153. The summed E-state index contributed by atoms with van der Waals surface area (Å²) in [5.74, 6) is 0. The van der Waals surface area contributed by atoms with Crippen LogP contribution in [-0.2, 0) is 0 Å². The Morgan fingerprint density at radius 3 is 1.36 bits per heavy atom. The lowest BCUT2D eigenvalue weighted by atomic mass is 9.82. The Hall–Kier alpha value is -7.80. The second-order valence-corrected chi connectivity index (χ2v) is 16.6. The number of allylic oxidation sites excluding steroid dienone is 1. The molecular formula is C61H38. The molecule has 13 aromatic carbocycles. The van der Waals surface area contributed by atoms with Crippen LogP contribution in [0.4, 0.5) is 0 Å². The van der Waals surface area contributed by atoms with Crippen LogP contribution < -0.4 is 0 Å². The number of benzene rings is 11. The van der Waals surface area contributed by atoms with Gasteiger partial charge in [-0.15, -0.1) is 0 Å². The summed E-state index contributed by atoms with van der Waals surface area (Å²) in [6.45, 7) is 2.13. The first-order valence-corrected chi connectivity index (χ1v) is 21.4. The van der Waals surface area contributed by atoms with Crippen LogP contribution in [0.3, 0.4) is 0 Å². The maximum Gasteiger partial charge on any atom is -0.000696 e. The molecule has 0 heteroatoms. The Morgan fingerprint density at radius 1 is 0.279 bits per heavy atom. The first-order valence-electron chi connectivity index (χ1n) is 21.4. The first-order chi connectivity index (χ1) is 30.3. The van der Waals surface area contributed by atoms with Crippen molar-refractivity contribution >= 4 is 92.3 Å². The molecule has 0 bridgehead atoms. The second kappa shape index (κ2) is 13.1. The summed E-state index contributed by atoms with van der Waals surface area (Å²) >= 11 is 0. The fourth-order valence-electron chi connectivity index (χ4n) is 11.0. The lowest BCUT2D eigenvalue weighted by Gasteiger charge is -2.21. The van der Waals surface area contributed by atoms with E-state index in [1.807, 2.05) is 0 Å². The zero-order valence-corrected chi connectivity index (χ0v) is 33.7. The van der Waals surface area contributed by atoms with E-state index in [1.165, 1.54) is 136 Å². The van der Waals surface area contributed by atoms with E-state index >= 15 is 0 Å². The normalized spacial score (nSPS) is 12.3. The third kappa shape index (κ3) is 4.82. The van der Waals surface area contributed by atoms with Crippen molar-refractivity contribution in [1.29, 1.82) is 0 Å². The van der Waals surface area contributed by atoms with Crippen LogP contribution in [0.2, 0.25) is 0 Å². The molecule has 0 aliphatic heterocycles. The molecule has 282 valence electrons. The maximum atomic E-state index is 2.55. The van der Waals surface area contributed by atoms with Crippen LogP contribution in [0.25, 0.3) is 137 Å². The summed E-state index contributed by atoms with van der Waals surface area (Å²) in [6, 6.07) is 75.1. The molecule has 0 unspecified atom stereocenters. The SMILES string of the molecule is C/C=C\c1ccc2c3c(-c4ccccc4-c4ccccc4)c4cc5c(cc4c(-c4ccccc4-c4ccccc4)c3c3cc4ccccc4c1c23)c1cccc2cccc5c21. The summed E-state index contributed by atoms with van der Waals surface area (Å²) in [6.07, 6.45) is 4.47. The van der Waals surface area contributed by atoms with E-state index in [-0.39, 0.29) is 0 Å². The van der Waals surface area contributed by atoms with Gasteiger partial charge in [-0.2, -0.15) is 0 Å². The molecule has 0 nitrogen and oxygen atoms in total. The molecule has 0 amide bonds. The van der Waals surface area contributed by atoms with Crippen molar-refractivity contribution < 1.29 is 0 Å². The molecule has 61 heavy (non-hydrogen) atoms. The molecule has 0 aromatic heterocycles. The Bertz CT molecular complexity index is 3900. The van der Waals surface area contributed by atoms with E-state index in [0.29, 0.717) is 0 Å². The Balaban J connectivity index is 1.36. The Kier molecular flexibility index (Phi) is 7.32. The van der Waals surface area contributed by atoms with Crippen LogP contribution in [-0.4, -0.2) is 0 Å². The summed E-state index contributed by atoms with van der Waals surface area (Å²) in [4.78, 5) is 0. The van der Waals surface area contributed by atoms with Crippen LogP contribution >= 0.6 is 0 Å². The number of rotatable bonds is 5. The van der Waals surface area contributed by atoms with Crippen LogP contribution in [0.1, 0.15) is 12.5 Å². The molecule has 0 spiro atoms. The van der Waals surface area contributed by atoms with Crippen molar-refractivity contribution in [2.45, 2.75) is 6.92 Å². The van der Waals surface area contributed by atoms with Crippen LogP contribution in [0.5, 0.6) is 0 Å². The predicted molar refractivity (Wildman–Crippen MR) is 265 cm³/mol. The molecule has 0 fully saturated rings. The van der Waals surface area contributed by atoms with E-state index in [9.17, 15) is 0 Å². The third-order valence-corrected chi connectivity index (χ3v) is 13.4. The fourth-order valence-corrected chi connectivity index (χ4v) is 11.0. The monoisotopic (exact) mass is 770 g/mol. The summed E-state index contributed by atoms with van der Waals surface area (Å²) < 4.78 is 0. The van der Waals surface area contributed by atoms with Crippen molar-refractivity contribution in [3.05, 3.63) is 212 Å². The van der Waals surface area contributed by atoms with Crippen molar-refractivity contribution in [3.63, 3.8) is 0 Å². The molecule has 0 N–H and O–H groups in total. The standard InChI is InChI=1S/C61H38/c1-2-17-39-32-33-49-59-54(34-41-22-9-10-27-44(41)56(39)59)61-58(46-29-14-12-26-43(46)38-20-7-4-8-21-38)53-36-51-48-31-16-24-40-23-15-30-47(55(40)48)50(51)35-52(53)57(60(49)61)45-28-13-11-25-42(45)37-18-5-3-6-19-37/h2-36H,1H3/b17-2-. The molecule has 13 aromatic rings. The highest BCUT2D eigenvalue weighted by Crippen LogP contribution is 2.56. The smallest absolute Gasteiger partial charge is 0.000696 e. The third-order valence-electron chi connectivity index (χ3n) is 13.4. The molecule has 0 atom stereocenters. The van der Waals surface area contributed by atoms with Gasteiger partial charge >= 0.3 is 0 Å². The van der Waals surface area contributed by atoms with Gasteiger partial charge in [-0.1, -0.05) is 194 Å². The number of hydrogen-bond donors (Lipinski definition) is 0. The fraction of sp³-hybridized carbons (Fsp3) is 0.0164. The summed E-state index contributed by atoms with van der Waals surface area (Å²) in [5.41, 5.74) is 11.2. The number of fused-ring (bicyclic) bond motifs is 9. The van der Waals surface area contributed by atoms with Crippen molar-refractivity contribution in [1.82, 2.24) is 0 Å². The van der Waals surface area contributed by atoms with Crippen molar-refractivity contribution in [3.8, 4) is 44.5 Å². The van der Waals surface area contributed by atoms with Gasteiger partial charge in [-0.3, -0.25) is 0 Å². The lowest BCUT2D eigenvalue weighted by molar-refractivity contribution is 1.61. The molecule has 0 aliphatic carbocycles. The zero-order chi connectivity index (χ0) is 40.2. The molecular weight excluding hydrogens is 733 g/mol. The van der Waals surface area contributed by atoms with Gasteiger partial charge in [-0.05, 0) is 161 Å². The highest BCUT2D eigenvalue weighted by atomic mass is 14.3. The minimum atomic E-state index is 1.21. The first kappa shape index (κ1) is 34.1. The van der Waals surface area contributed by atoms with Gasteiger partial charge in [0.25, 0.3) is 0 Å². The molecule has 0 aliphatic rings. The summed E-state index contributed by atoms with van der Waals surface area (Å²) in [5, 5.41) is 20.8. The van der Waals surface area contributed by atoms with E-state index in [2.05, 4.69) is 219 Å². The second-order valence-electron chi connectivity index (χ2n) is 16.6. The summed E-state index contributed by atoms with van der Waals surface area (Å²) in [7, 11) is 0. The molecule has 0 saturated carbocycles. The van der Waals surface area contributed by atoms with Gasteiger partial charge in [0, 0.05) is 0 Å². The van der Waals surface area contributed by atoms with Gasteiger partial charge in [0.15, 0.2) is 0 Å².